The van der Waals surface area contributed by atoms with Gasteiger partial charge in [-0.15, -0.1) is 0 Å². The van der Waals surface area contributed by atoms with E-state index in [1.165, 1.54) is 25.0 Å². The molecule has 148 valence electrons. The zero-order valence-corrected chi connectivity index (χ0v) is 16.4. The number of rotatable bonds is 3. The first-order valence-electron chi connectivity index (χ1n) is 10.1. The summed E-state index contributed by atoms with van der Waals surface area (Å²) in [5.74, 6) is 1.55. The van der Waals surface area contributed by atoms with Crippen molar-refractivity contribution in [1.82, 2.24) is 9.88 Å². The van der Waals surface area contributed by atoms with E-state index in [2.05, 4.69) is 21.7 Å². The van der Waals surface area contributed by atoms with E-state index in [4.69, 9.17) is 0 Å². The molecule has 1 aromatic carbocycles. The van der Waals surface area contributed by atoms with Crippen LogP contribution in [0.2, 0.25) is 0 Å². The Kier molecular flexibility index (Phi) is 5.46. The first-order valence-corrected chi connectivity index (χ1v) is 10.1. The van der Waals surface area contributed by atoms with Gasteiger partial charge in [0.1, 0.15) is 11.6 Å². The number of halogens is 1. The quantitative estimate of drug-likeness (QED) is 0.816. The molecular weight excluding hydrogens is 355 g/mol. The van der Waals surface area contributed by atoms with Crippen LogP contribution in [0.5, 0.6) is 0 Å². The van der Waals surface area contributed by atoms with Gasteiger partial charge in [-0.25, -0.2) is 9.37 Å². The fraction of sp³-hybridized carbons (Fsp3) is 0.455. The van der Waals surface area contributed by atoms with Gasteiger partial charge >= 0.3 is 0 Å². The molecule has 2 saturated heterocycles. The molecule has 0 bridgehead atoms. The Labute approximate surface area is 165 Å². The summed E-state index contributed by atoms with van der Waals surface area (Å²) in [7, 11) is 0. The Morgan fingerprint density at radius 2 is 1.61 bits per heavy atom. The van der Waals surface area contributed by atoms with Gasteiger partial charge < -0.3 is 14.7 Å². The summed E-state index contributed by atoms with van der Waals surface area (Å²) in [4.78, 5) is 23.7. The SMILES string of the molecule is CC1CCN(c2ccc(C(=O)N3CCN(c4ccc(F)cc4)CC3)cn2)CC1. The fourth-order valence-corrected chi connectivity index (χ4v) is 3.94. The van der Waals surface area contributed by atoms with Crippen molar-refractivity contribution in [3.8, 4) is 0 Å². The van der Waals surface area contributed by atoms with Crippen LogP contribution in [-0.4, -0.2) is 55.1 Å². The second-order valence-corrected chi connectivity index (χ2v) is 7.83. The first-order chi connectivity index (χ1) is 13.6. The van der Waals surface area contributed by atoms with Gasteiger partial charge in [-0.05, 0) is 55.2 Å². The molecule has 2 aliphatic rings. The molecular formula is C22H27FN4O. The van der Waals surface area contributed by atoms with E-state index in [-0.39, 0.29) is 11.7 Å². The van der Waals surface area contributed by atoms with Gasteiger partial charge in [0.2, 0.25) is 0 Å². The number of aromatic nitrogens is 1. The van der Waals surface area contributed by atoms with Crippen LogP contribution in [0.4, 0.5) is 15.9 Å². The maximum atomic E-state index is 13.1. The summed E-state index contributed by atoms with van der Waals surface area (Å²) in [5, 5.41) is 0. The minimum Gasteiger partial charge on any atom is -0.368 e. The zero-order valence-electron chi connectivity index (χ0n) is 16.4. The molecule has 6 heteroatoms. The molecule has 0 spiro atoms. The number of nitrogens with zero attached hydrogens (tertiary/aromatic N) is 4. The third-order valence-electron chi connectivity index (χ3n) is 5.86. The highest BCUT2D eigenvalue weighted by Gasteiger charge is 2.23. The van der Waals surface area contributed by atoms with Crippen molar-refractivity contribution in [1.29, 1.82) is 0 Å². The average molecular weight is 382 g/mol. The zero-order chi connectivity index (χ0) is 19.5. The van der Waals surface area contributed by atoms with E-state index in [0.717, 1.165) is 43.6 Å². The largest absolute Gasteiger partial charge is 0.368 e. The van der Waals surface area contributed by atoms with E-state index in [1.807, 2.05) is 17.0 Å². The molecule has 5 nitrogen and oxygen atoms in total. The van der Waals surface area contributed by atoms with Crippen LogP contribution in [0.3, 0.4) is 0 Å². The van der Waals surface area contributed by atoms with Gasteiger partial charge in [0.05, 0.1) is 5.56 Å². The number of pyridine rings is 1. The van der Waals surface area contributed by atoms with Crippen LogP contribution < -0.4 is 9.80 Å². The second kappa shape index (κ2) is 8.17. The molecule has 1 aromatic heterocycles. The predicted octanol–water partition coefficient (Wildman–Crippen LogP) is 3.42. The number of hydrogen-bond acceptors (Lipinski definition) is 4. The molecule has 2 aliphatic heterocycles. The predicted molar refractivity (Wildman–Crippen MR) is 109 cm³/mol. The van der Waals surface area contributed by atoms with Crippen molar-refractivity contribution in [3.05, 3.63) is 54.0 Å². The molecule has 1 amide bonds. The Morgan fingerprint density at radius 1 is 0.929 bits per heavy atom. The Balaban J connectivity index is 1.34. The molecule has 4 rings (SSSR count). The van der Waals surface area contributed by atoms with E-state index in [9.17, 15) is 9.18 Å². The highest BCUT2D eigenvalue weighted by atomic mass is 19.1. The molecule has 0 aliphatic carbocycles. The van der Waals surface area contributed by atoms with Crippen LogP contribution in [0.15, 0.2) is 42.6 Å². The molecule has 0 N–H and O–H groups in total. The lowest BCUT2D eigenvalue weighted by Gasteiger charge is -2.36. The molecule has 28 heavy (non-hydrogen) atoms. The van der Waals surface area contributed by atoms with Gasteiger partial charge in [0.15, 0.2) is 0 Å². The van der Waals surface area contributed by atoms with Crippen LogP contribution in [0, 0.1) is 11.7 Å². The minimum absolute atomic E-state index is 0.0325. The summed E-state index contributed by atoms with van der Waals surface area (Å²) in [6.07, 6.45) is 4.10. The summed E-state index contributed by atoms with van der Waals surface area (Å²) in [5.41, 5.74) is 1.64. The smallest absolute Gasteiger partial charge is 0.255 e. The Bertz CT molecular complexity index is 792. The topological polar surface area (TPSA) is 39.7 Å². The third kappa shape index (κ3) is 4.11. The average Bonchev–Trinajstić information content (AvgIpc) is 2.75. The number of carbonyl (C=O) groups is 1. The maximum Gasteiger partial charge on any atom is 0.255 e. The van der Waals surface area contributed by atoms with E-state index < -0.39 is 0 Å². The molecule has 2 aromatic rings. The molecule has 0 radical (unpaired) electrons. The number of piperidine rings is 1. The fourth-order valence-electron chi connectivity index (χ4n) is 3.94. The second-order valence-electron chi connectivity index (χ2n) is 7.83. The van der Waals surface area contributed by atoms with Crippen molar-refractivity contribution in [2.24, 2.45) is 5.92 Å². The molecule has 0 unspecified atom stereocenters. The van der Waals surface area contributed by atoms with E-state index in [0.29, 0.717) is 18.7 Å². The number of hydrogen-bond donors (Lipinski definition) is 0. The van der Waals surface area contributed by atoms with Crippen LogP contribution in [-0.2, 0) is 0 Å². The van der Waals surface area contributed by atoms with Gasteiger partial charge in [0.25, 0.3) is 5.91 Å². The van der Waals surface area contributed by atoms with E-state index >= 15 is 0 Å². The maximum absolute atomic E-state index is 13.1. The lowest BCUT2D eigenvalue weighted by Crippen LogP contribution is -2.48. The molecule has 0 atom stereocenters. The Morgan fingerprint density at radius 3 is 2.21 bits per heavy atom. The van der Waals surface area contributed by atoms with Gasteiger partial charge in [0, 0.05) is 51.2 Å². The van der Waals surface area contributed by atoms with Crippen molar-refractivity contribution in [2.45, 2.75) is 19.8 Å². The molecule has 0 saturated carbocycles. The normalized spacial score (nSPS) is 18.4. The van der Waals surface area contributed by atoms with Crippen LogP contribution >= 0.6 is 0 Å². The highest BCUT2D eigenvalue weighted by Crippen LogP contribution is 2.22. The summed E-state index contributed by atoms with van der Waals surface area (Å²) >= 11 is 0. The standard InChI is InChI=1S/C22H27FN4O/c1-17-8-10-26(11-9-17)21-7-2-18(16-24-21)22(28)27-14-12-25(13-15-27)20-5-3-19(23)4-6-20/h2-7,16-17H,8-15H2,1H3. The number of benzene rings is 1. The number of anilines is 2. The Hall–Kier alpha value is -2.63. The number of amides is 1. The van der Waals surface area contributed by atoms with Crippen molar-refractivity contribution < 1.29 is 9.18 Å². The van der Waals surface area contributed by atoms with Crippen LogP contribution in [0.25, 0.3) is 0 Å². The summed E-state index contributed by atoms with van der Waals surface area (Å²) in [6.45, 7) is 7.16. The number of carbonyl (C=O) groups excluding carboxylic acids is 1. The highest BCUT2D eigenvalue weighted by molar-refractivity contribution is 5.94. The van der Waals surface area contributed by atoms with Crippen molar-refractivity contribution in [3.63, 3.8) is 0 Å². The molecule has 3 heterocycles. The summed E-state index contributed by atoms with van der Waals surface area (Å²) < 4.78 is 13.1. The van der Waals surface area contributed by atoms with Crippen molar-refractivity contribution >= 4 is 17.4 Å². The van der Waals surface area contributed by atoms with Crippen LogP contribution in [0.1, 0.15) is 30.1 Å². The van der Waals surface area contributed by atoms with Gasteiger partial charge in [-0.3, -0.25) is 4.79 Å². The lowest BCUT2D eigenvalue weighted by molar-refractivity contribution is 0.0746. The monoisotopic (exact) mass is 382 g/mol. The third-order valence-corrected chi connectivity index (χ3v) is 5.86. The summed E-state index contributed by atoms with van der Waals surface area (Å²) in [6, 6.07) is 10.4. The van der Waals surface area contributed by atoms with Gasteiger partial charge in [-0.2, -0.15) is 0 Å². The lowest BCUT2D eigenvalue weighted by atomic mass is 9.99. The minimum atomic E-state index is -0.229. The van der Waals surface area contributed by atoms with Crippen molar-refractivity contribution in [2.75, 3.05) is 49.1 Å². The first kappa shape index (κ1) is 18.7. The van der Waals surface area contributed by atoms with Gasteiger partial charge in [-0.1, -0.05) is 6.92 Å². The number of piperazine rings is 1. The van der Waals surface area contributed by atoms with E-state index in [1.54, 1.807) is 18.3 Å². The molecule has 2 fully saturated rings.